The number of carboxylic acids is 1. The van der Waals surface area contributed by atoms with E-state index in [9.17, 15) is 28.4 Å². The van der Waals surface area contributed by atoms with Gasteiger partial charge in [-0.3, -0.25) is 14.9 Å². The fourth-order valence-electron chi connectivity index (χ4n) is 2.75. The Balaban J connectivity index is 2.55. The van der Waals surface area contributed by atoms with Crippen molar-refractivity contribution in [1.82, 2.24) is 4.31 Å². The van der Waals surface area contributed by atoms with Gasteiger partial charge >= 0.3 is 5.97 Å². The number of aryl methyl sites for hydroxylation is 1. The summed E-state index contributed by atoms with van der Waals surface area (Å²) in [4.78, 5) is 21.4. The van der Waals surface area contributed by atoms with Crippen molar-refractivity contribution in [3.05, 3.63) is 33.9 Å². The number of carbonyl (C=O) groups is 1. The molecule has 0 aliphatic carbocycles. The summed E-state index contributed by atoms with van der Waals surface area (Å²) in [6, 6.07) is 2.55. The number of nitrogens with zero attached hydrogens (tertiary/aromatic N) is 2. The van der Waals surface area contributed by atoms with Crippen molar-refractivity contribution in [2.24, 2.45) is 0 Å². The molecule has 1 heterocycles. The van der Waals surface area contributed by atoms with Gasteiger partial charge in [-0.2, -0.15) is 4.31 Å². The van der Waals surface area contributed by atoms with Crippen LogP contribution in [0.1, 0.15) is 31.7 Å². The molecule has 0 aromatic heterocycles. The summed E-state index contributed by atoms with van der Waals surface area (Å²) in [6.45, 7) is 1.84. The van der Waals surface area contributed by atoms with E-state index in [4.69, 9.17) is 0 Å². The Bertz CT molecular complexity index is 731. The fourth-order valence-corrected chi connectivity index (χ4v) is 4.72. The molecule has 1 aromatic rings. The van der Waals surface area contributed by atoms with Gasteiger partial charge in [-0.1, -0.05) is 13.0 Å². The van der Waals surface area contributed by atoms with Crippen LogP contribution in [0, 0.1) is 10.1 Å². The maximum atomic E-state index is 12.9. The van der Waals surface area contributed by atoms with E-state index in [0.29, 0.717) is 24.8 Å². The zero-order valence-corrected chi connectivity index (χ0v) is 13.5. The predicted octanol–water partition coefficient (Wildman–Crippen LogP) is 1.78. The molecule has 1 aliphatic heterocycles. The van der Waals surface area contributed by atoms with Crippen LogP contribution in [0.25, 0.3) is 0 Å². The third-order valence-electron chi connectivity index (χ3n) is 3.97. The lowest BCUT2D eigenvalue weighted by atomic mass is 10.1. The van der Waals surface area contributed by atoms with Crippen molar-refractivity contribution in [3.63, 3.8) is 0 Å². The summed E-state index contributed by atoms with van der Waals surface area (Å²) < 4.78 is 26.7. The first kappa shape index (κ1) is 17.4. The third kappa shape index (κ3) is 3.35. The van der Waals surface area contributed by atoms with E-state index >= 15 is 0 Å². The molecule has 0 spiro atoms. The molecular formula is C14H18N2O6S. The highest BCUT2D eigenvalue weighted by Crippen LogP contribution is 2.30. The van der Waals surface area contributed by atoms with Gasteiger partial charge in [-0.05, 0) is 31.2 Å². The van der Waals surface area contributed by atoms with Gasteiger partial charge in [-0.25, -0.2) is 8.42 Å². The van der Waals surface area contributed by atoms with Gasteiger partial charge in [0.15, 0.2) is 0 Å². The molecule has 126 valence electrons. The number of piperidine rings is 1. The monoisotopic (exact) mass is 342 g/mol. The van der Waals surface area contributed by atoms with Gasteiger partial charge in [0.2, 0.25) is 10.0 Å². The summed E-state index contributed by atoms with van der Waals surface area (Å²) in [5.74, 6) is -1.20. The van der Waals surface area contributed by atoms with Crippen molar-refractivity contribution < 1.29 is 23.2 Å². The molecule has 1 aliphatic rings. The van der Waals surface area contributed by atoms with Gasteiger partial charge < -0.3 is 5.11 Å². The van der Waals surface area contributed by atoms with Crippen LogP contribution in [0.2, 0.25) is 0 Å². The van der Waals surface area contributed by atoms with E-state index in [1.165, 1.54) is 12.1 Å². The smallest absolute Gasteiger partial charge is 0.322 e. The molecule has 0 amide bonds. The molecule has 0 radical (unpaired) electrons. The van der Waals surface area contributed by atoms with Crippen LogP contribution >= 0.6 is 0 Å². The Labute approximate surface area is 133 Å². The van der Waals surface area contributed by atoms with E-state index in [1.54, 1.807) is 6.92 Å². The van der Waals surface area contributed by atoms with Crippen LogP contribution in [0.4, 0.5) is 5.69 Å². The summed E-state index contributed by atoms with van der Waals surface area (Å²) in [5.41, 5.74) is 0.106. The first-order valence-electron chi connectivity index (χ1n) is 7.31. The van der Waals surface area contributed by atoms with Crippen LogP contribution < -0.4 is 0 Å². The molecule has 1 unspecified atom stereocenters. The van der Waals surface area contributed by atoms with E-state index in [2.05, 4.69) is 0 Å². The van der Waals surface area contributed by atoms with Crippen LogP contribution in [0.3, 0.4) is 0 Å². The van der Waals surface area contributed by atoms with Crippen molar-refractivity contribution in [2.75, 3.05) is 6.54 Å². The number of nitro benzene ring substituents is 1. The minimum Gasteiger partial charge on any atom is -0.480 e. The molecule has 23 heavy (non-hydrogen) atoms. The number of carboxylic acid groups (broad SMARTS) is 1. The Kier molecular flexibility index (Phi) is 5.00. The predicted molar refractivity (Wildman–Crippen MR) is 81.6 cm³/mol. The lowest BCUT2D eigenvalue weighted by molar-refractivity contribution is -0.385. The van der Waals surface area contributed by atoms with Crippen LogP contribution in [-0.2, 0) is 21.2 Å². The highest BCUT2D eigenvalue weighted by atomic mass is 32.2. The summed E-state index contributed by atoms with van der Waals surface area (Å²) >= 11 is 0. The molecule has 1 fully saturated rings. The Morgan fingerprint density at radius 1 is 1.43 bits per heavy atom. The van der Waals surface area contributed by atoms with E-state index in [-0.39, 0.29) is 23.5 Å². The standard InChI is InChI=1S/C14H18N2O6S/c1-2-10-6-7-11(16(19)20)9-13(10)23(21,22)15-8-4-3-5-12(15)14(17)18/h6-7,9,12H,2-5,8H2,1H3,(H,17,18). The second-order valence-electron chi connectivity index (χ2n) is 5.37. The zero-order valence-electron chi connectivity index (χ0n) is 12.6. The quantitative estimate of drug-likeness (QED) is 0.644. The third-order valence-corrected chi connectivity index (χ3v) is 5.96. The number of rotatable bonds is 5. The van der Waals surface area contributed by atoms with E-state index in [1.807, 2.05) is 0 Å². The summed E-state index contributed by atoms with van der Waals surface area (Å²) in [6.07, 6.45) is 1.82. The van der Waals surface area contributed by atoms with Gasteiger partial charge in [-0.15, -0.1) is 0 Å². The minimum absolute atomic E-state index is 0.102. The summed E-state index contributed by atoms with van der Waals surface area (Å²) in [7, 11) is -4.11. The van der Waals surface area contributed by atoms with Gasteiger partial charge in [0.05, 0.1) is 9.82 Å². The highest BCUT2D eigenvalue weighted by Gasteiger charge is 2.38. The van der Waals surface area contributed by atoms with Crippen LogP contribution in [-0.4, -0.2) is 41.3 Å². The van der Waals surface area contributed by atoms with Crippen molar-refractivity contribution in [3.8, 4) is 0 Å². The van der Waals surface area contributed by atoms with Crippen molar-refractivity contribution in [1.29, 1.82) is 0 Å². The van der Waals surface area contributed by atoms with E-state index < -0.39 is 27.0 Å². The average Bonchev–Trinajstić information content (AvgIpc) is 2.54. The number of hydrogen-bond donors (Lipinski definition) is 1. The lowest BCUT2D eigenvalue weighted by Crippen LogP contribution is -2.48. The normalized spacial score (nSPS) is 19.4. The number of non-ortho nitro benzene ring substituents is 1. The molecule has 1 saturated heterocycles. The van der Waals surface area contributed by atoms with Crippen LogP contribution in [0.5, 0.6) is 0 Å². The Morgan fingerprint density at radius 3 is 2.70 bits per heavy atom. The Morgan fingerprint density at radius 2 is 2.13 bits per heavy atom. The van der Waals surface area contributed by atoms with Crippen molar-refractivity contribution in [2.45, 2.75) is 43.5 Å². The fraction of sp³-hybridized carbons (Fsp3) is 0.500. The van der Waals surface area contributed by atoms with Gasteiger partial charge in [0.25, 0.3) is 5.69 Å². The average molecular weight is 342 g/mol. The molecule has 2 rings (SSSR count). The van der Waals surface area contributed by atoms with Gasteiger partial charge in [0, 0.05) is 18.7 Å². The van der Waals surface area contributed by atoms with Crippen molar-refractivity contribution >= 4 is 21.7 Å². The molecule has 8 nitrogen and oxygen atoms in total. The molecule has 9 heteroatoms. The maximum Gasteiger partial charge on any atom is 0.322 e. The number of hydrogen-bond acceptors (Lipinski definition) is 5. The first-order chi connectivity index (χ1) is 10.8. The largest absolute Gasteiger partial charge is 0.480 e. The SMILES string of the molecule is CCc1ccc([N+](=O)[O-])cc1S(=O)(=O)N1CCCCC1C(=O)O. The molecule has 1 aromatic carbocycles. The molecule has 1 N–H and O–H groups in total. The second kappa shape index (κ2) is 6.63. The topological polar surface area (TPSA) is 118 Å². The second-order valence-corrected chi connectivity index (χ2v) is 7.23. The summed E-state index contributed by atoms with van der Waals surface area (Å²) in [5, 5.41) is 20.2. The zero-order chi connectivity index (χ0) is 17.2. The maximum absolute atomic E-state index is 12.9. The van der Waals surface area contributed by atoms with Gasteiger partial charge in [0.1, 0.15) is 6.04 Å². The highest BCUT2D eigenvalue weighted by molar-refractivity contribution is 7.89. The molecule has 0 saturated carbocycles. The first-order valence-corrected chi connectivity index (χ1v) is 8.75. The minimum atomic E-state index is -4.11. The van der Waals surface area contributed by atoms with E-state index in [0.717, 1.165) is 10.4 Å². The number of sulfonamides is 1. The Hall–Kier alpha value is -2.00. The number of benzene rings is 1. The van der Waals surface area contributed by atoms with Crippen LogP contribution in [0.15, 0.2) is 23.1 Å². The molecule has 1 atom stereocenters. The lowest BCUT2D eigenvalue weighted by Gasteiger charge is -2.32. The molecular weight excluding hydrogens is 324 g/mol. The number of aliphatic carboxylic acids is 1. The molecule has 0 bridgehead atoms. The number of nitro groups is 1.